The van der Waals surface area contributed by atoms with E-state index < -0.39 is 5.91 Å². The molecule has 1 aromatic carbocycles. The minimum absolute atomic E-state index is 0.0535. The first kappa shape index (κ1) is 20.1. The predicted octanol–water partition coefficient (Wildman–Crippen LogP) is 1.21. The van der Waals surface area contributed by atoms with Crippen molar-refractivity contribution >= 4 is 23.5 Å². The van der Waals surface area contributed by atoms with Crippen LogP contribution in [-0.4, -0.2) is 55.0 Å². The van der Waals surface area contributed by atoms with Crippen molar-refractivity contribution in [3.05, 3.63) is 29.3 Å². The molecule has 2 fully saturated rings. The van der Waals surface area contributed by atoms with Crippen LogP contribution in [0.5, 0.6) is 0 Å². The Morgan fingerprint density at radius 2 is 2.04 bits per heavy atom. The van der Waals surface area contributed by atoms with Crippen molar-refractivity contribution in [2.75, 3.05) is 31.5 Å². The van der Waals surface area contributed by atoms with Crippen LogP contribution in [0.4, 0.5) is 10.5 Å². The number of anilines is 1. The quantitative estimate of drug-likeness (QED) is 0.607. The van der Waals surface area contributed by atoms with Gasteiger partial charge in [-0.05, 0) is 68.8 Å². The Bertz CT molecular complexity index is 745. The number of primary amides is 1. The highest BCUT2D eigenvalue weighted by Gasteiger charge is 2.26. The molecule has 2 atom stereocenters. The van der Waals surface area contributed by atoms with Crippen molar-refractivity contribution in [1.29, 1.82) is 0 Å². The number of nitrogens with zero attached hydrogens (tertiary/aromatic N) is 1. The predicted molar refractivity (Wildman–Crippen MR) is 107 cm³/mol. The molecule has 8 nitrogen and oxygen atoms in total. The first-order chi connectivity index (χ1) is 13.4. The van der Waals surface area contributed by atoms with Crippen molar-refractivity contribution < 1.29 is 14.4 Å². The van der Waals surface area contributed by atoms with Gasteiger partial charge in [-0.2, -0.15) is 0 Å². The van der Waals surface area contributed by atoms with Gasteiger partial charge >= 0.3 is 6.03 Å². The van der Waals surface area contributed by atoms with E-state index in [0.29, 0.717) is 30.9 Å². The molecule has 4 amide bonds. The van der Waals surface area contributed by atoms with Crippen molar-refractivity contribution in [1.82, 2.24) is 15.5 Å². The molecule has 0 radical (unpaired) electrons. The molecule has 2 heterocycles. The maximum absolute atomic E-state index is 12.7. The SMILES string of the molecule is Cc1cc(NC(=O)N2CCCC(CNC(=O)C3CCCN3)C2)cc(C(N)=O)c1. The third-order valence-corrected chi connectivity index (χ3v) is 5.36. The van der Waals surface area contributed by atoms with Crippen molar-refractivity contribution in [2.24, 2.45) is 11.7 Å². The van der Waals surface area contributed by atoms with Crippen LogP contribution in [0, 0.1) is 12.8 Å². The molecular formula is C20H29N5O3. The molecule has 2 aliphatic rings. The molecule has 1 aromatic rings. The maximum Gasteiger partial charge on any atom is 0.321 e. The summed E-state index contributed by atoms with van der Waals surface area (Å²) >= 11 is 0. The summed E-state index contributed by atoms with van der Waals surface area (Å²) in [6, 6.07) is 4.80. The van der Waals surface area contributed by atoms with Crippen LogP contribution in [0.2, 0.25) is 0 Å². The molecular weight excluding hydrogens is 358 g/mol. The van der Waals surface area contributed by atoms with Gasteiger partial charge in [0, 0.05) is 30.9 Å². The van der Waals surface area contributed by atoms with Crippen LogP contribution in [0.25, 0.3) is 0 Å². The fourth-order valence-corrected chi connectivity index (χ4v) is 3.89. The molecule has 0 bridgehead atoms. The van der Waals surface area contributed by atoms with E-state index in [1.165, 1.54) is 0 Å². The zero-order valence-corrected chi connectivity index (χ0v) is 16.3. The molecule has 8 heteroatoms. The summed E-state index contributed by atoms with van der Waals surface area (Å²) in [5.74, 6) is -0.230. The number of piperidine rings is 1. The van der Waals surface area contributed by atoms with Gasteiger partial charge in [0.15, 0.2) is 0 Å². The molecule has 152 valence electrons. The van der Waals surface area contributed by atoms with E-state index in [-0.39, 0.29) is 23.9 Å². The Balaban J connectivity index is 1.52. The third kappa shape index (κ3) is 5.22. The van der Waals surface area contributed by atoms with Gasteiger partial charge in [-0.1, -0.05) is 0 Å². The van der Waals surface area contributed by atoms with Crippen molar-refractivity contribution in [3.8, 4) is 0 Å². The highest BCUT2D eigenvalue weighted by atomic mass is 16.2. The number of carbonyl (C=O) groups is 3. The van der Waals surface area contributed by atoms with Crippen LogP contribution >= 0.6 is 0 Å². The third-order valence-electron chi connectivity index (χ3n) is 5.36. The van der Waals surface area contributed by atoms with Gasteiger partial charge in [0.05, 0.1) is 6.04 Å². The zero-order valence-electron chi connectivity index (χ0n) is 16.3. The number of carbonyl (C=O) groups excluding carboxylic acids is 3. The van der Waals surface area contributed by atoms with E-state index in [1.54, 1.807) is 23.1 Å². The standard InChI is InChI=1S/C20H29N5O3/c1-13-8-15(18(21)26)10-16(9-13)24-20(28)25-7-3-4-14(12-25)11-23-19(27)17-5-2-6-22-17/h8-10,14,17,22H,2-7,11-12H2,1H3,(H2,21,26)(H,23,27)(H,24,28). The van der Waals surface area contributed by atoms with Gasteiger partial charge in [0.1, 0.15) is 0 Å². The number of hydrogen-bond acceptors (Lipinski definition) is 4. The summed E-state index contributed by atoms with van der Waals surface area (Å²) in [6.45, 7) is 4.59. The summed E-state index contributed by atoms with van der Waals surface area (Å²) in [7, 11) is 0. The average Bonchev–Trinajstić information content (AvgIpc) is 3.20. The fourth-order valence-electron chi connectivity index (χ4n) is 3.89. The lowest BCUT2D eigenvalue weighted by Crippen LogP contribution is -2.47. The number of nitrogens with one attached hydrogen (secondary N) is 3. The summed E-state index contributed by atoms with van der Waals surface area (Å²) in [5.41, 5.74) is 7.13. The number of rotatable bonds is 5. The molecule has 0 aliphatic carbocycles. The molecule has 2 unspecified atom stereocenters. The lowest BCUT2D eigenvalue weighted by Gasteiger charge is -2.33. The Morgan fingerprint density at radius 3 is 2.75 bits per heavy atom. The van der Waals surface area contributed by atoms with Gasteiger partial charge in [0.2, 0.25) is 11.8 Å². The van der Waals surface area contributed by atoms with E-state index in [9.17, 15) is 14.4 Å². The van der Waals surface area contributed by atoms with E-state index in [2.05, 4.69) is 16.0 Å². The number of amides is 4. The van der Waals surface area contributed by atoms with Crippen molar-refractivity contribution in [3.63, 3.8) is 0 Å². The Morgan fingerprint density at radius 1 is 1.21 bits per heavy atom. The minimum atomic E-state index is -0.523. The first-order valence-electron chi connectivity index (χ1n) is 9.91. The Kier molecular flexibility index (Phi) is 6.51. The number of benzene rings is 1. The second-order valence-electron chi connectivity index (χ2n) is 7.73. The van der Waals surface area contributed by atoms with E-state index in [1.807, 2.05) is 6.92 Å². The Labute approximate surface area is 165 Å². The zero-order chi connectivity index (χ0) is 20.1. The highest BCUT2D eigenvalue weighted by Crippen LogP contribution is 2.19. The molecule has 28 heavy (non-hydrogen) atoms. The summed E-state index contributed by atoms with van der Waals surface area (Å²) in [4.78, 5) is 38.0. The molecule has 0 aromatic heterocycles. The number of aryl methyl sites for hydroxylation is 1. The van der Waals surface area contributed by atoms with Gasteiger partial charge in [-0.3, -0.25) is 9.59 Å². The lowest BCUT2D eigenvalue weighted by atomic mass is 9.98. The molecule has 0 spiro atoms. The topological polar surface area (TPSA) is 117 Å². The average molecular weight is 387 g/mol. The largest absolute Gasteiger partial charge is 0.366 e. The lowest BCUT2D eigenvalue weighted by molar-refractivity contribution is -0.123. The molecule has 2 aliphatic heterocycles. The summed E-state index contributed by atoms with van der Waals surface area (Å²) in [5, 5.41) is 9.08. The summed E-state index contributed by atoms with van der Waals surface area (Å²) < 4.78 is 0. The van der Waals surface area contributed by atoms with Crippen LogP contribution in [0.3, 0.4) is 0 Å². The summed E-state index contributed by atoms with van der Waals surface area (Å²) in [6.07, 6.45) is 3.80. The van der Waals surface area contributed by atoms with Gasteiger partial charge in [0.25, 0.3) is 0 Å². The van der Waals surface area contributed by atoms with Crippen LogP contribution in [0.15, 0.2) is 18.2 Å². The van der Waals surface area contributed by atoms with Crippen LogP contribution in [0.1, 0.15) is 41.6 Å². The fraction of sp³-hybridized carbons (Fsp3) is 0.550. The van der Waals surface area contributed by atoms with Crippen LogP contribution in [-0.2, 0) is 4.79 Å². The first-order valence-corrected chi connectivity index (χ1v) is 9.91. The van der Waals surface area contributed by atoms with Gasteiger partial charge in [-0.25, -0.2) is 4.79 Å². The van der Waals surface area contributed by atoms with E-state index >= 15 is 0 Å². The second kappa shape index (κ2) is 9.05. The van der Waals surface area contributed by atoms with Crippen LogP contribution < -0.4 is 21.7 Å². The monoisotopic (exact) mass is 387 g/mol. The minimum Gasteiger partial charge on any atom is -0.366 e. The number of nitrogens with two attached hydrogens (primary N) is 1. The van der Waals surface area contributed by atoms with E-state index in [0.717, 1.165) is 37.8 Å². The van der Waals surface area contributed by atoms with Crippen molar-refractivity contribution in [2.45, 2.75) is 38.6 Å². The molecule has 0 saturated carbocycles. The second-order valence-corrected chi connectivity index (χ2v) is 7.73. The Hall–Kier alpha value is -2.61. The van der Waals surface area contributed by atoms with E-state index in [4.69, 9.17) is 5.73 Å². The van der Waals surface area contributed by atoms with Gasteiger partial charge < -0.3 is 26.6 Å². The maximum atomic E-state index is 12.7. The molecule has 3 rings (SSSR count). The highest BCUT2D eigenvalue weighted by molar-refractivity contribution is 5.96. The normalized spacial score (nSPS) is 22.0. The molecule has 5 N–H and O–H groups in total. The molecule has 2 saturated heterocycles. The number of likely N-dealkylation sites (tertiary alicyclic amines) is 1. The van der Waals surface area contributed by atoms with Gasteiger partial charge in [-0.15, -0.1) is 0 Å². The number of hydrogen-bond donors (Lipinski definition) is 4. The number of urea groups is 1. The smallest absolute Gasteiger partial charge is 0.321 e.